The molecule has 6 nitrogen and oxygen atoms in total. The van der Waals surface area contributed by atoms with Crippen molar-refractivity contribution in [3.05, 3.63) is 66.0 Å². The number of nitrogens with zero attached hydrogens (tertiary/aromatic N) is 4. The van der Waals surface area contributed by atoms with Gasteiger partial charge < -0.3 is 15.0 Å². The molecule has 2 aromatic rings. The Kier molecular flexibility index (Phi) is 8.89. The first-order valence-electron chi connectivity index (χ1n) is 10.7. The number of morpholine rings is 1. The van der Waals surface area contributed by atoms with Gasteiger partial charge in [-0.3, -0.25) is 14.9 Å². The van der Waals surface area contributed by atoms with Crippen molar-refractivity contribution in [2.24, 2.45) is 4.99 Å². The van der Waals surface area contributed by atoms with Crippen LogP contribution >= 0.6 is 24.0 Å². The maximum absolute atomic E-state index is 6.13. The predicted molar refractivity (Wildman–Crippen MR) is 131 cm³/mol. The third-order valence-electron chi connectivity index (χ3n) is 5.63. The highest BCUT2D eigenvalue weighted by atomic mass is 127. The molecule has 0 spiro atoms. The van der Waals surface area contributed by atoms with Gasteiger partial charge in [-0.1, -0.05) is 36.4 Å². The largest absolute Gasteiger partial charge is 0.373 e. The Morgan fingerprint density at radius 1 is 1.17 bits per heavy atom. The van der Waals surface area contributed by atoms with Crippen LogP contribution in [0.5, 0.6) is 0 Å². The second-order valence-electron chi connectivity index (χ2n) is 7.64. The van der Waals surface area contributed by atoms with E-state index in [1.165, 1.54) is 5.56 Å². The topological polar surface area (TPSA) is 53.0 Å². The molecule has 2 aliphatic rings. The van der Waals surface area contributed by atoms with Gasteiger partial charge in [0.15, 0.2) is 5.96 Å². The fourth-order valence-electron chi connectivity index (χ4n) is 4.19. The van der Waals surface area contributed by atoms with Crippen LogP contribution in [0.25, 0.3) is 0 Å². The molecule has 2 atom stereocenters. The first-order valence-corrected chi connectivity index (χ1v) is 10.7. The third-order valence-corrected chi connectivity index (χ3v) is 5.63. The third kappa shape index (κ3) is 5.92. The van der Waals surface area contributed by atoms with Crippen LogP contribution in [-0.2, 0) is 17.7 Å². The van der Waals surface area contributed by atoms with Gasteiger partial charge in [-0.2, -0.15) is 0 Å². The molecule has 162 valence electrons. The molecule has 2 aliphatic heterocycles. The van der Waals surface area contributed by atoms with Crippen molar-refractivity contribution >= 4 is 29.9 Å². The van der Waals surface area contributed by atoms with Crippen LogP contribution in [0, 0.1) is 0 Å². The summed E-state index contributed by atoms with van der Waals surface area (Å²) >= 11 is 0. The lowest BCUT2D eigenvalue weighted by Gasteiger charge is -2.36. The predicted octanol–water partition coefficient (Wildman–Crippen LogP) is 2.79. The number of nitrogens with one attached hydrogen (secondary N) is 1. The first-order chi connectivity index (χ1) is 14.3. The highest BCUT2D eigenvalue weighted by Crippen LogP contribution is 2.24. The van der Waals surface area contributed by atoms with Crippen LogP contribution in [0.2, 0.25) is 0 Å². The number of rotatable bonds is 6. The molecule has 4 rings (SSSR count). The fraction of sp³-hybridized carbons (Fsp3) is 0.478. The van der Waals surface area contributed by atoms with E-state index in [-0.39, 0.29) is 30.1 Å². The lowest BCUT2D eigenvalue weighted by molar-refractivity contribution is -0.0502. The molecule has 0 radical (unpaired) electrons. The van der Waals surface area contributed by atoms with Gasteiger partial charge >= 0.3 is 0 Å². The molecule has 0 bridgehead atoms. The molecular weight excluding hydrogens is 489 g/mol. The van der Waals surface area contributed by atoms with Crippen LogP contribution in [0.1, 0.15) is 18.2 Å². The zero-order chi connectivity index (χ0) is 19.9. The first kappa shape index (κ1) is 23.0. The average molecular weight is 521 g/mol. The molecule has 30 heavy (non-hydrogen) atoms. The number of guanidine groups is 1. The number of aromatic nitrogens is 1. The molecule has 2 unspecified atom stereocenters. The minimum atomic E-state index is 0. The standard InChI is InChI=1S/C23H31N5O.HI/c1-2-24-23(26-13-11-20-10-6-7-12-25-20)28-17-21-22(18-28)29-15-14-27(21)16-19-8-4-3-5-9-19;/h3-10,12,21-22H,2,11,13-18H2,1H3,(H,24,26);1H. The Labute approximate surface area is 196 Å². The Hall–Kier alpha value is -1.71. The van der Waals surface area contributed by atoms with E-state index in [1.807, 2.05) is 18.3 Å². The zero-order valence-electron chi connectivity index (χ0n) is 17.6. The van der Waals surface area contributed by atoms with Gasteiger partial charge in [0.25, 0.3) is 0 Å². The molecule has 1 aromatic carbocycles. The highest BCUT2D eigenvalue weighted by molar-refractivity contribution is 14.0. The number of likely N-dealkylation sites (tertiary alicyclic amines) is 1. The molecule has 1 N–H and O–H groups in total. The summed E-state index contributed by atoms with van der Waals surface area (Å²) in [6, 6.07) is 17.2. The van der Waals surface area contributed by atoms with Crippen LogP contribution in [-0.4, -0.2) is 72.2 Å². The highest BCUT2D eigenvalue weighted by Gasteiger charge is 2.41. The summed E-state index contributed by atoms with van der Waals surface area (Å²) in [5.41, 5.74) is 2.45. The average Bonchev–Trinajstić information content (AvgIpc) is 3.20. The van der Waals surface area contributed by atoms with Crippen LogP contribution in [0.3, 0.4) is 0 Å². The van der Waals surface area contributed by atoms with Gasteiger partial charge in [0.1, 0.15) is 0 Å². The van der Waals surface area contributed by atoms with Gasteiger partial charge in [0.2, 0.25) is 0 Å². The zero-order valence-corrected chi connectivity index (χ0v) is 19.9. The van der Waals surface area contributed by atoms with Crippen molar-refractivity contribution in [2.75, 3.05) is 39.3 Å². The summed E-state index contributed by atoms with van der Waals surface area (Å²) in [6.07, 6.45) is 2.94. The normalized spacial score (nSPS) is 21.8. The van der Waals surface area contributed by atoms with Crippen molar-refractivity contribution in [1.82, 2.24) is 20.1 Å². The molecule has 1 aromatic heterocycles. The SMILES string of the molecule is CCNC(=NCCc1ccccn1)N1CC2OCCN(Cc3ccccc3)C2C1.I. The van der Waals surface area contributed by atoms with Crippen LogP contribution < -0.4 is 5.32 Å². The quantitative estimate of drug-likeness (QED) is 0.360. The van der Waals surface area contributed by atoms with Crippen molar-refractivity contribution in [1.29, 1.82) is 0 Å². The summed E-state index contributed by atoms with van der Waals surface area (Å²) in [7, 11) is 0. The number of halogens is 1. The number of fused-ring (bicyclic) bond motifs is 1. The lowest BCUT2D eigenvalue weighted by Crippen LogP contribution is -2.50. The molecule has 0 aliphatic carbocycles. The number of ether oxygens (including phenoxy) is 1. The lowest BCUT2D eigenvalue weighted by atomic mass is 10.1. The summed E-state index contributed by atoms with van der Waals surface area (Å²) in [6.45, 7) is 8.33. The van der Waals surface area contributed by atoms with E-state index in [9.17, 15) is 0 Å². The Morgan fingerprint density at radius 3 is 2.77 bits per heavy atom. The molecule has 0 saturated carbocycles. The maximum Gasteiger partial charge on any atom is 0.194 e. The second kappa shape index (κ2) is 11.6. The number of pyridine rings is 1. The van der Waals surface area contributed by atoms with E-state index >= 15 is 0 Å². The van der Waals surface area contributed by atoms with Crippen LogP contribution in [0.4, 0.5) is 0 Å². The minimum absolute atomic E-state index is 0. The number of benzene rings is 1. The number of hydrogen-bond acceptors (Lipinski definition) is 4. The second-order valence-corrected chi connectivity index (χ2v) is 7.64. The van der Waals surface area contributed by atoms with E-state index in [0.29, 0.717) is 6.04 Å². The van der Waals surface area contributed by atoms with Gasteiger partial charge in [0, 0.05) is 57.6 Å². The van der Waals surface area contributed by atoms with Gasteiger partial charge in [0.05, 0.1) is 18.8 Å². The molecular formula is C23H32IN5O. The Balaban J connectivity index is 0.00000256. The van der Waals surface area contributed by atoms with Crippen molar-refractivity contribution in [3.8, 4) is 0 Å². The van der Waals surface area contributed by atoms with Crippen molar-refractivity contribution in [2.45, 2.75) is 32.0 Å². The summed E-state index contributed by atoms with van der Waals surface area (Å²) in [5.74, 6) is 0.987. The molecule has 2 saturated heterocycles. The number of aliphatic imine (C=N–C) groups is 1. The molecule has 3 heterocycles. The van der Waals surface area contributed by atoms with Crippen molar-refractivity contribution in [3.63, 3.8) is 0 Å². The summed E-state index contributed by atoms with van der Waals surface area (Å²) in [5, 5.41) is 3.47. The van der Waals surface area contributed by atoms with E-state index < -0.39 is 0 Å². The van der Waals surface area contributed by atoms with E-state index in [4.69, 9.17) is 9.73 Å². The van der Waals surface area contributed by atoms with E-state index in [0.717, 1.165) is 63.9 Å². The van der Waals surface area contributed by atoms with Crippen molar-refractivity contribution < 1.29 is 4.74 Å². The van der Waals surface area contributed by atoms with E-state index in [2.05, 4.69) is 63.4 Å². The Bertz CT molecular complexity index is 789. The molecule has 0 amide bonds. The molecule has 7 heteroatoms. The fourth-order valence-corrected chi connectivity index (χ4v) is 4.19. The summed E-state index contributed by atoms with van der Waals surface area (Å²) in [4.78, 5) is 14.2. The van der Waals surface area contributed by atoms with Gasteiger partial charge in [-0.25, -0.2) is 0 Å². The maximum atomic E-state index is 6.13. The number of hydrogen-bond donors (Lipinski definition) is 1. The van der Waals surface area contributed by atoms with Crippen LogP contribution in [0.15, 0.2) is 59.7 Å². The molecule has 2 fully saturated rings. The van der Waals surface area contributed by atoms with Gasteiger partial charge in [-0.05, 0) is 24.6 Å². The monoisotopic (exact) mass is 521 g/mol. The van der Waals surface area contributed by atoms with E-state index in [1.54, 1.807) is 0 Å². The smallest absolute Gasteiger partial charge is 0.194 e. The minimum Gasteiger partial charge on any atom is -0.373 e. The Morgan fingerprint density at radius 2 is 2.00 bits per heavy atom. The van der Waals surface area contributed by atoms with Gasteiger partial charge in [-0.15, -0.1) is 24.0 Å². The summed E-state index contributed by atoms with van der Waals surface area (Å²) < 4.78 is 6.13.